The summed E-state index contributed by atoms with van der Waals surface area (Å²) in [5.74, 6) is 0.413. The van der Waals surface area contributed by atoms with Gasteiger partial charge in [-0.1, -0.05) is 31.1 Å². The number of hydrogen-bond donors (Lipinski definition) is 1. The molecule has 1 aliphatic carbocycles. The van der Waals surface area contributed by atoms with E-state index in [4.69, 9.17) is 0 Å². The average molecular weight is 304 g/mol. The van der Waals surface area contributed by atoms with Crippen LogP contribution in [-0.4, -0.2) is 17.2 Å². The maximum atomic E-state index is 11.5. The molecule has 0 aromatic carbocycles. The summed E-state index contributed by atoms with van der Waals surface area (Å²) in [5, 5.41) is 10.2. The van der Waals surface area contributed by atoms with Gasteiger partial charge >= 0.3 is 0 Å². The highest BCUT2D eigenvalue weighted by molar-refractivity contribution is 5.91. The van der Waals surface area contributed by atoms with E-state index < -0.39 is 0 Å². The van der Waals surface area contributed by atoms with E-state index in [1.54, 1.807) is 6.08 Å². The predicted molar refractivity (Wildman–Crippen MR) is 89.7 cm³/mol. The van der Waals surface area contributed by atoms with E-state index in [0.717, 1.165) is 37.5 Å². The minimum atomic E-state index is -0.309. The normalized spacial score (nSPS) is 26.8. The van der Waals surface area contributed by atoms with Gasteiger partial charge in [-0.05, 0) is 51.5 Å². The largest absolute Gasteiger partial charge is 0.512 e. The molecule has 3 heteroatoms. The molecule has 1 aliphatic rings. The lowest BCUT2D eigenvalue weighted by molar-refractivity contribution is -0.117. The summed E-state index contributed by atoms with van der Waals surface area (Å²) in [5.41, 5.74) is 2.07. The van der Waals surface area contributed by atoms with Gasteiger partial charge in [0.25, 0.3) is 0 Å². The molecule has 1 N–H and O–H groups in total. The highest BCUT2D eigenvalue weighted by Gasteiger charge is 2.39. The number of rotatable bonds is 7. The lowest BCUT2D eigenvalue weighted by atomic mass is 9.67. The van der Waals surface area contributed by atoms with E-state index in [1.807, 2.05) is 20.8 Å². The van der Waals surface area contributed by atoms with Crippen molar-refractivity contribution in [3.8, 4) is 0 Å². The molecule has 0 aromatic heterocycles. The monoisotopic (exact) mass is 304 g/mol. The zero-order valence-electron chi connectivity index (χ0n) is 14.2. The van der Waals surface area contributed by atoms with Gasteiger partial charge in [0, 0.05) is 17.9 Å². The molecule has 0 unspecified atom stereocenters. The number of ketones is 1. The van der Waals surface area contributed by atoms with Gasteiger partial charge in [-0.15, -0.1) is 0 Å². The first-order valence-corrected chi connectivity index (χ1v) is 8.00. The average Bonchev–Trinajstić information content (AvgIpc) is 2.43. The molecule has 0 aromatic rings. The number of hydrogen-bond acceptors (Lipinski definition) is 3. The van der Waals surface area contributed by atoms with E-state index in [9.17, 15) is 14.7 Å². The number of aliphatic hydroxyl groups is 1. The van der Waals surface area contributed by atoms with Gasteiger partial charge in [0.1, 0.15) is 12.0 Å². The van der Waals surface area contributed by atoms with E-state index in [-0.39, 0.29) is 22.9 Å². The minimum absolute atomic E-state index is 0.0205. The Balaban J connectivity index is 2.57. The van der Waals surface area contributed by atoms with Gasteiger partial charge in [-0.2, -0.15) is 0 Å². The summed E-state index contributed by atoms with van der Waals surface area (Å²) in [4.78, 5) is 21.9. The lowest BCUT2D eigenvalue weighted by Crippen LogP contribution is -2.33. The van der Waals surface area contributed by atoms with Crippen LogP contribution in [0.5, 0.6) is 0 Å². The van der Waals surface area contributed by atoms with E-state index in [0.29, 0.717) is 6.42 Å². The molecular formula is C19H28O3. The van der Waals surface area contributed by atoms with Crippen molar-refractivity contribution in [1.82, 2.24) is 0 Å². The molecule has 0 heterocycles. The Labute approximate surface area is 133 Å². The van der Waals surface area contributed by atoms with Crippen molar-refractivity contribution in [2.75, 3.05) is 0 Å². The minimum Gasteiger partial charge on any atom is -0.512 e. The third-order valence-corrected chi connectivity index (χ3v) is 4.90. The third kappa shape index (κ3) is 4.97. The molecule has 0 fully saturated rings. The van der Waals surface area contributed by atoms with Crippen LogP contribution < -0.4 is 0 Å². The zero-order chi connectivity index (χ0) is 16.8. The highest BCUT2D eigenvalue weighted by atomic mass is 16.3. The van der Waals surface area contributed by atoms with Gasteiger partial charge in [-0.3, -0.25) is 9.59 Å². The van der Waals surface area contributed by atoms with E-state index in [2.05, 4.69) is 13.0 Å². The summed E-state index contributed by atoms with van der Waals surface area (Å²) >= 11 is 0. The summed E-state index contributed by atoms with van der Waals surface area (Å²) in [7, 11) is 0. The predicted octanol–water partition coefficient (Wildman–Crippen LogP) is 4.70. The number of aldehydes is 1. The van der Waals surface area contributed by atoms with Crippen LogP contribution in [0.3, 0.4) is 0 Å². The Morgan fingerprint density at radius 3 is 2.64 bits per heavy atom. The molecule has 2 atom stereocenters. The molecule has 1 rings (SSSR count). The zero-order valence-corrected chi connectivity index (χ0v) is 14.2. The van der Waals surface area contributed by atoms with Crippen molar-refractivity contribution >= 4 is 12.1 Å². The fraction of sp³-hybridized carbons (Fsp3) is 0.579. The molecule has 0 saturated carbocycles. The maximum Gasteiger partial charge on any atom is 0.159 e. The molecule has 22 heavy (non-hydrogen) atoms. The van der Waals surface area contributed by atoms with Gasteiger partial charge in [0.2, 0.25) is 0 Å². The van der Waals surface area contributed by atoms with Crippen LogP contribution in [0.1, 0.15) is 59.8 Å². The van der Waals surface area contributed by atoms with Crippen molar-refractivity contribution in [3.05, 3.63) is 35.1 Å². The quantitative estimate of drug-likeness (QED) is 0.421. The van der Waals surface area contributed by atoms with Crippen LogP contribution in [-0.2, 0) is 9.59 Å². The molecule has 0 saturated heterocycles. The SMILES string of the molecule is C/C(=C\C=O)CC/C=C(\C)CC[C@]1(C)C(O)=CC(=O)C[C@H]1C. The number of carbonyl (C=O) groups is 2. The van der Waals surface area contributed by atoms with Gasteiger partial charge in [0.05, 0.1) is 0 Å². The summed E-state index contributed by atoms with van der Waals surface area (Å²) in [6.07, 6.45) is 10.1. The second-order valence-electron chi connectivity index (χ2n) is 6.76. The standard InChI is InChI=1S/C19H28O3/c1-14(6-5-7-15(2)9-11-20)8-10-19(4)16(3)12-17(21)13-18(19)22/h6,9,11,13,16,22H,5,7-8,10,12H2,1-4H3/b14-6+,15-9+/t16-,19+/m1/s1. The van der Waals surface area contributed by atoms with Gasteiger partial charge in [-0.25, -0.2) is 0 Å². The van der Waals surface area contributed by atoms with Crippen LogP contribution >= 0.6 is 0 Å². The Morgan fingerprint density at radius 2 is 2.05 bits per heavy atom. The number of aliphatic hydroxyl groups excluding tert-OH is 1. The molecule has 0 spiro atoms. The molecule has 0 bridgehead atoms. The highest BCUT2D eigenvalue weighted by Crippen LogP contribution is 2.43. The summed E-state index contributed by atoms with van der Waals surface area (Å²) in [6, 6.07) is 0. The molecule has 3 nitrogen and oxygen atoms in total. The first-order valence-electron chi connectivity index (χ1n) is 8.00. The number of carbonyl (C=O) groups excluding carboxylic acids is 2. The lowest BCUT2D eigenvalue weighted by Gasteiger charge is -2.37. The van der Waals surface area contributed by atoms with Crippen molar-refractivity contribution in [2.24, 2.45) is 11.3 Å². The second kappa shape index (κ2) is 8.11. The molecular weight excluding hydrogens is 276 g/mol. The van der Waals surface area contributed by atoms with Gasteiger partial charge < -0.3 is 5.11 Å². The summed E-state index contributed by atoms with van der Waals surface area (Å²) < 4.78 is 0. The van der Waals surface area contributed by atoms with Crippen molar-refractivity contribution in [1.29, 1.82) is 0 Å². The van der Waals surface area contributed by atoms with Gasteiger partial charge in [0.15, 0.2) is 5.78 Å². The topological polar surface area (TPSA) is 54.4 Å². The first kappa shape index (κ1) is 18.4. The van der Waals surface area contributed by atoms with Crippen molar-refractivity contribution in [2.45, 2.75) is 59.8 Å². The third-order valence-electron chi connectivity index (χ3n) is 4.90. The maximum absolute atomic E-state index is 11.5. The second-order valence-corrected chi connectivity index (χ2v) is 6.76. The Morgan fingerprint density at radius 1 is 1.36 bits per heavy atom. The molecule has 0 amide bonds. The summed E-state index contributed by atoms with van der Waals surface area (Å²) in [6.45, 7) is 8.14. The fourth-order valence-corrected chi connectivity index (χ4v) is 2.83. The van der Waals surface area contributed by atoms with Crippen LogP contribution in [0.25, 0.3) is 0 Å². The van der Waals surface area contributed by atoms with E-state index in [1.165, 1.54) is 11.6 Å². The molecule has 0 radical (unpaired) electrons. The van der Waals surface area contributed by atoms with Crippen molar-refractivity contribution < 1.29 is 14.7 Å². The van der Waals surface area contributed by atoms with Crippen LogP contribution in [0.15, 0.2) is 35.1 Å². The van der Waals surface area contributed by atoms with Crippen LogP contribution in [0.4, 0.5) is 0 Å². The fourth-order valence-electron chi connectivity index (χ4n) is 2.83. The Bertz CT molecular complexity index is 511. The Kier molecular flexibility index (Phi) is 6.79. The first-order chi connectivity index (χ1) is 10.3. The van der Waals surface area contributed by atoms with Crippen molar-refractivity contribution in [3.63, 3.8) is 0 Å². The van der Waals surface area contributed by atoms with E-state index >= 15 is 0 Å². The van der Waals surface area contributed by atoms with Crippen LogP contribution in [0.2, 0.25) is 0 Å². The molecule has 122 valence electrons. The molecule has 0 aliphatic heterocycles. The van der Waals surface area contributed by atoms with Crippen LogP contribution in [0, 0.1) is 11.3 Å². The smallest absolute Gasteiger partial charge is 0.159 e. The Hall–Kier alpha value is -1.64. The number of allylic oxidation sites excluding steroid dienone is 6.